The summed E-state index contributed by atoms with van der Waals surface area (Å²) in [4.78, 5) is 7.62. The summed E-state index contributed by atoms with van der Waals surface area (Å²) in [6, 6.07) is 0. The Balaban J connectivity index is 2.22. The Hall–Kier alpha value is -2.32. The number of anilines is 3. The monoisotopic (exact) mass is 328 g/mol. The van der Waals surface area contributed by atoms with E-state index in [4.69, 9.17) is 0 Å². The van der Waals surface area contributed by atoms with Crippen LogP contribution < -0.4 is 10.6 Å². The first kappa shape index (κ1) is 17.0. The molecule has 0 aliphatic rings. The minimum absolute atomic E-state index is 0.0838. The van der Waals surface area contributed by atoms with Crippen LogP contribution in [0.4, 0.5) is 30.6 Å². The van der Waals surface area contributed by atoms with Crippen molar-refractivity contribution >= 4 is 17.5 Å². The lowest BCUT2D eigenvalue weighted by Gasteiger charge is -2.12. The van der Waals surface area contributed by atoms with Gasteiger partial charge in [0.2, 0.25) is 5.95 Å². The highest BCUT2D eigenvalue weighted by molar-refractivity contribution is 5.57. The second-order valence-electron chi connectivity index (χ2n) is 5.05. The van der Waals surface area contributed by atoms with E-state index in [1.54, 1.807) is 6.20 Å². The SMILES string of the molecule is CCCCn1ncc(Nc2ncc(C(F)(F)F)c(NC)n2)c1C. The maximum atomic E-state index is 12.8. The van der Waals surface area contributed by atoms with Gasteiger partial charge in [-0.2, -0.15) is 23.3 Å². The fourth-order valence-corrected chi connectivity index (χ4v) is 2.06. The minimum Gasteiger partial charge on any atom is -0.372 e. The first-order chi connectivity index (χ1) is 10.9. The molecular weight excluding hydrogens is 309 g/mol. The molecule has 0 saturated heterocycles. The van der Waals surface area contributed by atoms with Gasteiger partial charge < -0.3 is 10.6 Å². The molecule has 0 saturated carbocycles. The first-order valence-corrected chi connectivity index (χ1v) is 7.28. The Morgan fingerprint density at radius 3 is 2.61 bits per heavy atom. The summed E-state index contributed by atoms with van der Waals surface area (Å²) in [5.41, 5.74) is 0.650. The Kier molecular flexibility index (Phi) is 5.07. The molecule has 0 aliphatic carbocycles. The van der Waals surface area contributed by atoms with Crippen molar-refractivity contribution in [2.75, 3.05) is 17.7 Å². The van der Waals surface area contributed by atoms with Gasteiger partial charge in [-0.25, -0.2) is 4.98 Å². The molecule has 0 aromatic carbocycles. The smallest absolute Gasteiger partial charge is 0.372 e. The quantitative estimate of drug-likeness (QED) is 0.848. The van der Waals surface area contributed by atoms with Crippen LogP contribution >= 0.6 is 0 Å². The van der Waals surface area contributed by atoms with Crippen molar-refractivity contribution in [1.29, 1.82) is 0 Å². The number of nitrogens with zero attached hydrogens (tertiary/aromatic N) is 4. The molecular formula is C14H19F3N6. The third-order valence-electron chi connectivity index (χ3n) is 3.40. The number of nitrogens with one attached hydrogen (secondary N) is 2. The maximum Gasteiger partial charge on any atom is 0.421 e. The summed E-state index contributed by atoms with van der Waals surface area (Å²) in [5, 5.41) is 9.61. The number of alkyl halides is 3. The van der Waals surface area contributed by atoms with E-state index >= 15 is 0 Å². The van der Waals surface area contributed by atoms with Crippen LogP contribution in [0.15, 0.2) is 12.4 Å². The van der Waals surface area contributed by atoms with Crippen LogP contribution in [0.3, 0.4) is 0 Å². The summed E-state index contributed by atoms with van der Waals surface area (Å²) in [5.74, 6) is -0.188. The Labute approximate surface area is 132 Å². The molecule has 2 N–H and O–H groups in total. The number of aromatic nitrogens is 4. The molecule has 0 aliphatic heterocycles. The number of rotatable bonds is 6. The van der Waals surface area contributed by atoms with Crippen LogP contribution in [0.25, 0.3) is 0 Å². The van der Waals surface area contributed by atoms with Gasteiger partial charge in [-0.1, -0.05) is 13.3 Å². The molecule has 0 fully saturated rings. The fourth-order valence-electron chi connectivity index (χ4n) is 2.06. The normalized spacial score (nSPS) is 11.6. The van der Waals surface area contributed by atoms with Gasteiger partial charge in [0, 0.05) is 19.8 Å². The zero-order valence-electron chi connectivity index (χ0n) is 13.2. The molecule has 0 atom stereocenters. The zero-order chi connectivity index (χ0) is 17.0. The highest BCUT2D eigenvalue weighted by atomic mass is 19.4. The van der Waals surface area contributed by atoms with Gasteiger partial charge >= 0.3 is 6.18 Å². The van der Waals surface area contributed by atoms with Crippen LogP contribution in [-0.4, -0.2) is 26.8 Å². The van der Waals surface area contributed by atoms with Crippen molar-refractivity contribution in [3.8, 4) is 0 Å². The molecule has 0 unspecified atom stereocenters. The highest BCUT2D eigenvalue weighted by Gasteiger charge is 2.35. The Bertz CT molecular complexity index is 665. The highest BCUT2D eigenvalue weighted by Crippen LogP contribution is 2.33. The third-order valence-corrected chi connectivity index (χ3v) is 3.40. The van der Waals surface area contributed by atoms with Crippen LogP contribution in [0.5, 0.6) is 0 Å². The van der Waals surface area contributed by atoms with Gasteiger partial charge in [-0.05, 0) is 13.3 Å². The van der Waals surface area contributed by atoms with E-state index in [9.17, 15) is 13.2 Å². The van der Waals surface area contributed by atoms with E-state index in [2.05, 4.69) is 32.6 Å². The summed E-state index contributed by atoms with van der Waals surface area (Å²) < 4.78 is 40.3. The molecule has 6 nitrogen and oxygen atoms in total. The second kappa shape index (κ2) is 6.84. The van der Waals surface area contributed by atoms with Crippen molar-refractivity contribution in [2.45, 2.75) is 39.4 Å². The van der Waals surface area contributed by atoms with E-state index in [-0.39, 0.29) is 11.8 Å². The van der Waals surface area contributed by atoms with Gasteiger partial charge in [-0.15, -0.1) is 0 Å². The van der Waals surface area contributed by atoms with E-state index < -0.39 is 11.7 Å². The van der Waals surface area contributed by atoms with Gasteiger partial charge in [0.05, 0.1) is 17.6 Å². The van der Waals surface area contributed by atoms with Crippen molar-refractivity contribution in [3.63, 3.8) is 0 Å². The maximum absolute atomic E-state index is 12.8. The van der Waals surface area contributed by atoms with Crippen LogP contribution in [0, 0.1) is 6.92 Å². The second-order valence-corrected chi connectivity index (χ2v) is 5.05. The van der Waals surface area contributed by atoms with Gasteiger partial charge in [-0.3, -0.25) is 4.68 Å². The molecule has 23 heavy (non-hydrogen) atoms. The molecule has 0 amide bonds. The molecule has 2 rings (SSSR count). The summed E-state index contributed by atoms with van der Waals surface area (Å²) in [7, 11) is 1.38. The van der Waals surface area contributed by atoms with Crippen LogP contribution in [-0.2, 0) is 12.7 Å². The predicted octanol–water partition coefficient (Wildman–Crippen LogP) is 3.59. The van der Waals surface area contributed by atoms with Crippen LogP contribution in [0.1, 0.15) is 31.0 Å². The number of hydrogen-bond acceptors (Lipinski definition) is 5. The van der Waals surface area contributed by atoms with Gasteiger partial charge in [0.25, 0.3) is 0 Å². The molecule has 0 bridgehead atoms. The lowest BCUT2D eigenvalue weighted by atomic mass is 10.3. The zero-order valence-corrected chi connectivity index (χ0v) is 13.2. The number of halogens is 3. The molecule has 0 spiro atoms. The standard InChI is InChI=1S/C14H19F3N6/c1-4-5-6-23-9(2)11(8-20-23)21-13-19-7-10(14(15,16)17)12(18-3)22-13/h7-8H,4-6H2,1-3H3,(H2,18,19,21,22). The van der Waals surface area contributed by atoms with E-state index in [0.29, 0.717) is 5.69 Å². The Morgan fingerprint density at radius 2 is 2.00 bits per heavy atom. The topological polar surface area (TPSA) is 67.7 Å². The average molecular weight is 328 g/mol. The molecule has 2 heterocycles. The number of unbranched alkanes of at least 4 members (excludes halogenated alkanes) is 1. The lowest BCUT2D eigenvalue weighted by molar-refractivity contribution is -0.137. The van der Waals surface area contributed by atoms with Gasteiger partial charge in [0.1, 0.15) is 11.4 Å². The summed E-state index contributed by atoms with van der Waals surface area (Å²) >= 11 is 0. The number of hydrogen-bond donors (Lipinski definition) is 2. The summed E-state index contributed by atoms with van der Waals surface area (Å²) in [6.07, 6.45) is -0.0703. The largest absolute Gasteiger partial charge is 0.421 e. The van der Waals surface area contributed by atoms with Gasteiger partial charge in [0.15, 0.2) is 0 Å². The Morgan fingerprint density at radius 1 is 1.26 bits per heavy atom. The van der Waals surface area contributed by atoms with E-state index in [0.717, 1.165) is 31.3 Å². The third kappa shape index (κ3) is 3.91. The lowest BCUT2D eigenvalue weighted by Crippen LogP contribution is -2.12. The summed E-state index contributed by atoms with van der Waals surface area (Å²) in [6.45, 7) is 4.76. The predicted molar refractivity (Wildman–Crippen MR) is 81.7 cm³/mol. The van der Waals surface area contributed by atoms with E-state index in [1.807, 2.05) is 11.6 Å². The molecule has 126 valence electrons. The molecule has 2 aromatic rings. The number of aryl methyl sites for hydroxylation is 1. The first-order valence-electron chi connectivity index (χ1n) is 7.28. The van der Waals surface area contributed by atoms with Crippen molar-refractivity contribution in [2.24, 2.45) is 0 Å². The van der Waals surface area contributed by atoms with Crippen molar-refractivity contribution < 1.29 is 13.2 Å². The van der Waals surface area contributed by atoms with Crippen molar-refractivity contribution in [1.82, 2.24) is 19.7 Å². The van der Waals surface area contributed by atoms with Crippen LogP contribution in [0.2, 0.25) is 0 Å². The molecule has 9 heteroatoms. The molecule has 0 radical (unpaired) electrons. The van der Waals surface area contributed by atoms with E-state index in [1.165, 1.54) is 7.05 Å². The van der Waals surface area contributed by atoms with Crippen molar-refractivity contribution in [3.05, 3.63) is 23.7 Å². The minimum atomic E-state index is -4.50. The molecule has 2 aromatic heterocycles. The fraction of sp³-hybridized carbons (Fsp3) is 0.500. The average Bonchev–Trinajstić information content (AvgIpc) is 2.84.